The van der Waals surface area contributed by atoms with E-state index in [0.29, 0.717) is 18.7 Å². The Morgan fingerprint density at radius 3 is 2.50 bits per heavy atom. The number of fused-ring (bicyclic) bond motifs is 1. The van der Waals surface area contributed by atoms with Crippen LogP contribution in [-0.2, 0) is 16.4 Å². The predicted molar refractivity (Wildman–Crippen MR) is 101 cm³/mol. The van der Waals surface area contributed by atoms with Crippen LogP contribution in [0, 0.1) is 0 Å². The number of para-hydroxylation sites is 1. The van der Waals surface area contributed by atoms with Crippen LogP contribution in [-0.4, -0.2) is 27.1 Å². The number of anilines is 1. The first kappa shape index (κ1) is 16.6. The molecule has 0 fully saturated rings. The Morgan fingerprint density at radius 1 is 1.00 bits per heavy atom. The molecule has 0 saturated heterocycles. The third-order valence-corrected chi connectivity index (χ3v) is 6.35. The van der Waals surface area contributed by atoms with Crippen molar-refractivity contribution in [3.63, 3.8) is 0 Å². The number of benzene rings is 2. The summed E-state index contributed by atoms with van der Waals surface area (Å²) in [6.45, 7) is 0.424. The van der Waals surface area contributed by atoms with Gasteiger partial charge in [-0.1, -0.05) is 24.3 Å². The molecule has 0 radical (unpaired) electrons. The SMILES string of the molecule is COc1ccc(S(=O)(=O)N2CCc3cccc(-c4ccccn4)c32)cc1. The van der Waals surface area contributed by atoms with Gasteiger partial charge in [0.1, 0.15) is 5.75 Å². The fourth-order valence-corrected chi connectivity index (χ4v) is 4.79. The number of nitrogens with zero attached hydrogens (tertiary/aromatic N) is 2. The Hall–Kier alpha value is -2.86. The van der Waals surface area contributed by atoms with E-state index in [1.54, 1.807) is 37.6 Å². The number of aromatic nitrogens is 1. The van der Waals surface area contributed by atoms with Gasteiger partial charge in [0, 0.05) is 18.3 Å². The van der Waals surface area contributed by atoms with Crippen molar-refractivity contribution in [2.24, 2.45) is 0 Å². The van der Waals surface area contributed by atoms with E-state index < -0.39 is 10.0 Å². The zero-order chi connectivity index (χ0) is 18.1. The third-order valence-electron chi connectivity index (χ3n) is 4.54. The van der Waals surface area contributed by atoms with Crippen LogP contribution < -0.4 is 9.04 Å². The highest BCUT2D eigenvalue weighted by Crippen LogP contribution is 2.40. The first-order valence-corrected chi connectivity index (χ1v) is 9.75. The molecule has 0 saturated carbocycles. The van der Waals surface area contributed by atoms with Crippen molar-refractivity contribution in [3.05, 3.63) is 72.4 Å². The molecule has 4 rings (SSSR count). The topological polar surface area (TPSA) is 59.5 Å². The van der Waals surface area contributed by atoms with Crippen LogP contribution >= 0.6 is 0 Å². The van der Waals surface area contributed by atoms with Crippen molar-refractivity contribution in [1.82, 2.24) is 4.98 Å². The Labute approximate surface area is 152 Å². The fourth-order valence-electron chi connectivity index (χ4n) is 3.27. The van der Waals surface area contributed by atoms with Gasteiger partial charge in [0.2, 0.25) is 0 Å². The molecule has 5 nitrogen and oxygen atoms in total. The molecule has 1 aliphatic heterocycles. The van der Waals surface area contributed by atoms with Crippen molar-refractivity contribution >= 4 is 15.7 Å². The molecule has 2 aromatic carbocycles. The molecule has 0 aliphatic carbocycles. The molecule has 0 atom stereocenters. The zero-order valence-electron chi connectivity index (χ0n) is 14.3. The minimum absolute atomic E-state index is 0.252. The van der Waals surface area contributed by atoms with Gasteiger partial charge in [-0.15, -0.1) is 0 Å². The van der Waals surface area contributed by atoms with Crippen LogP contribution in [0.25, 0.3) is 11.3 Å². The average Bonchev–Trinajstić information content (AvgIpc) is 3.14. The molecule has 0 N–H and O–H groups in total. The van der Waals surface area contributed by atoms with Crippen molar-refractivity contribution < 1.29 is 13.2 Å². The van der Waals surface area contributed by atoms with Crippen LogP contribution in [0.2, 0.25) is 0 Å². The van der Waals surface area contributed by atoms with Gasteiger partial charge in [-0.3, -0.25) is 9.29 Å². The van der Waals surface area contributed by atoms with Crippen LogP contribution in [0.4, 0.5) is 5.69 Å². The summed E-state index contributed by atoms with van der Waals surface area (Å²) in [5.41, 5.74) is 3.34. The molecular formula is C20H18N2O3S. The Kier molecular flexibility index (Phi) is 4.12. The summed E-state index contributed by atoms with van der Waals surface area (Å²) in [5, 5.41) is 0. The second kappa shape index (κ2) is 6.46. The number of ether oxygens (including phenoxy) is 1. The van der Waals surface area contributed by atoms with Crippen molar-refractivity contribution in [1.29, 1.82) is 0 Å². The standard InChI is InChI=1S/C20H18N2O3S/c1-25-16-8-10-17(11-9-16)26(23,24)22-14-12-15-5-4-6-18(20(15)22)19-7-2-3-13-21-19/h2-11,13H,12,14H2,1H3. The summed E-state index contributed by atoms with van der Waals surface area (Å²) in [4.78, 5) is 4.65. The van der Waals surface area contributed by atoms with E-state index in [0.717, 1.165) is 22.5 Å². The Balaban J connectivity index is 1.82. The van der Waals surface area contributed by atoms with Crippen LogP contribution in [0.1, 0.15) is 5.56 Å². The van der Waals surface area contributed by atoms with Gasteiger partial charge in [-0.2, -0.15) is 0 Å². The highest BCUT2D eigenvalue weighted by Gasteiger charge is 2.33. The number of hydrogen-bond acceptors (Lipinski definition) is 4. The lowest BCUT2D eigenvalue weighted by Crippen LogP contribution is -2.29. The van der Waals surface area contributed by atoms with E-state index in [4.69, 9.17) is 4.74 Å². The fraction of sp³-hybridized carbons (Fsp3) is 0.150. The number of sulfonamides is 1. The quantitative estimate of drug-likeness (QED) is 0.709. The number of pyridine rings is 1. The highest BCUT2D eigenvalue weighted by molar-refractivity contribution is 7.92. The molecule has 0 spiro atoms. The zero-order valence-corrected chi connectivity index (χ0v) is 15.1. The normalized spacial score (nSPS) is 13.5. The van der Waals surface area contributed by atoms with Gasteiger partial charge in [0.25, 0.3) is 10.0 Å². The largest absolute Gasteiger partial charge is 0.497 e. The van der Waals surface area contributed by atoms with E-state index in [9.17, 15) is 8.42 Å². The molecule has 1 aliphatic rings. The van der Waals surface area contributed by atoms with Crippen LogP contribution in [0.15, 0.2) is 71.8 Å². The lowest BCUT2D eigenvalue weighted by Gasteiger charge is -2.22. The molecule has 26 heavy (non-hydrogen) atoms. The van der Waals surface area contributed by atoms with E-state index in [2.05, 4.69) is 4.98 Å². The van der Waals surface area contributed by atoms with Crippen molar-refractivity contribution in [2.45, 2.75) is 11.3 Å². The third kappa shape index (κ3) is 2.72. The van der Waals surface area contributed by atoms with E-state index >= 15 is 0 Å². The summed E-state index contributed by atoms with van der Waals surface area (Å²) in [7, 11) is -2.10. The van der Waals surface area contributed by atoms with Gasteiger partial charge >= 0.3 is 0 Å². The summed E-state index contributed by atoms with van der Waals surface area (Å²) in [5.74, 6) is 0.625. The molecule has 0 unspecified atom stereocenters. The summed E-state index contributed by atoms with van der Waals surface area (Å²) < 4.78 is 33.1. The maximum Gasteiger partial charge on any atom is 0.264 e. The Bertz CT molecular complexity index is 1030. The molecule has 6 heteroatoms. The van der Waals surface area contributed by atoms with Gasteiger partial charge in [0.15, 0.2) is 0 Å². The number of hydrogen-bond donors (Lipinski definition) is 0. The Morgan fingerprint density at radius 2 is 1.81 bits per heavy atom. The van der Waals surface area contributed by atoms with E-state index in [-0.39, 0.29) is 4.90 Å². The molecule has 132 valence electrons. The van der Waals surface area contributed by atoms with Crippen molar-refractivity contribution in [3.8, 4) is 17.0 Å². The first-order chi connectivity index (χ1) is 12.6. The second-order valence-electron chi connectivity index (χ2n) is 6.03. The minimum atomic E-state index is -3.66. The van der Waals surface area contributed by atoms with E-state index in [1.165, 1.54) is 4.31 Å². The van der Waals surface area contributed by atoms with Crippen LogP contribution in [0.5, 0.6) is 5.75 Å². The minimum Gasteiger partial charge on any atom is -0.497 e. The van der Waals surface area contributed by atoms with Gasteiger partial charge < -0.3 is 4.74 Å². The smallest absolute Gasteiger partial charge is 0.264 e. The summed E-state index contributed by atoms with van der Waals surface area (Å²) in [6.07, 6.45) is 2.40. The summed E-state index contributed by atoms with van der Waals surface area (Å²) >= 11 is 0. The number of rotatable bonds is 4. The molecule has 0 amide bonds. The summed E-state index contributed by atoms with van der Waals surface area (Å²) in [6, 6.07) is 18.0. The average molecular weight is 366 g/mol. The maximum absolute atomic E-state index is 13.2. The predicted octanol–water partition coefficient (Wildman–Crippen LogP) is 3.51. The van der Waals surface area contributed by atoms with E-state index in [1.807, 2.05) is 36.4 Å². The second-order valence-corrected chi connectivity index (χ2v) is 7.89. The maximum atomic E-state index is 13.2. The molecular weight excluding hydrogens is 348 g/mol. The molecule has 2 heterocycles. The van der Waals surface area contributed by atoms with Crippen LogP contribution in [0.3, 0.4) is 0 Å². The number of methoxy groups -OCH3 is 1. The van der Waals surface area contributed by atoms with Crippen molar-refractivity contribution in [2.75, 3.05) is 18.0 Å². The molecule has 1 aromatic heterocycles. The first-order valence-electron chi connectivity index (χ1n) is 8.31. The monoisotopic (exact) mass is 366 g/mol. The molecule has 0 bridgehead atoms. The lowest BCUT2D eigenvalue weighted by molar-refractivity contribution is 0.414. The van der Waals surface area contributed by atoms with Gasteiger partial charge in [-0.25, -0.2) is 8.42 Å². The highest BCUT2D eigenvalue weighted by atomic mass is 32.2. The lowest BCUT2D eigenvalue weighted by atomic mass is 10.0. The van der Waals surface area contributed by atoms with Gasteiger partial charge in [-0.05, 0) is 48.4 Å². The molecule has 3 aromatic rings. The van der Waals surface area contributed by atoms with Gasteiger partial charge in [0.05, 0.1) is 23.4 Å².